The monoisotopic (exact) mass is 276 g/mol. The summed E-state index contributed by atoms with van der Waals surface area (Å²) < 4.78 is 12.7. The van der Waals surface area contributed by atoms with Crippen molar-refractivity contribution < 1.29 is 9.18 Å². The lowest BCUT2D eigenvalue weighted by molar-refractivity contribution is -0.111. The van der Waals surface area contributed by atoms with Crippen LogP contribution in [0.25, 0.3) is 6.08 Å². The molecule has 1 heterocycles. The molecule has 2 rings (SSSR count). The average molecular weight is 277 g/mol. The van der Waals surface area contributed by atoms with Gasteiger partial charge in [-0.25, -0.2) is 9.37 Å². The second-order valence-electron chi connectivity index (χ2n) is 3.71. The highest BCUT2D eigenvalue weighted by atomic mass is 35.5. The summed E-state index contributed by atoms with van der Waals surface area (Å²) in [6, 6.07) is 9.11. The van der Waals surface area contributed by atoms with Crippen molar-refractivity contribution in [3.63, 3.8) is 0 Å². The number of hydrogen-bond donors (Lipinski definition) is 1. The summed E-state index contributed by atoms with van der Waals surface area (Å²) in [5, 5.41) is 2.92. The number of rotatable bonds is 3. The molecular weight excluding hydrogens is 267 g/mol. The fourth-order valence-electron chi connectivity index (χ4n) is 1.38. The van der Waals surface area contributed by atoms with Crippen LogP contribution in [0.5, 0.6) is 0 Å². The van der Waals surface area contributed by atoms with Crippen molar-refractivity contribution in [1.82, 2.24) is 4.98 Å². The maximum atomic E-state index is 12.7. The molecule has 1 aromatic carbocycles. The molecule has 0 spiro atoms. The van der Waals surface area contributed by atoms with Crippen LogP contribution in [0.1, 0.15) is 5.56 Å². The van der Waals surface area contributed by atoms with Crippen LogP contribution in [0.2, 0.25) is 5.02 Å². The summed E-state index contributed by atoms with van der Waals surface area (Å²) in [7, 11) is 0. The van der Waals surface area contributed by atoms with Crippen molar-refractivity contribution >= 4 is 29.4 Å². The van der Waals surface area contributed by atoms with Gasteiger partial charge in [0.2, 0.25) is 5.91 Å². The van der Waals surface area contributed by atoms with Gasteiger partial charge in [-0.3, -0.25) is 4.79 Å². The van der Waals surface area contributed by atoms with Crippen LogP contribution in [0.4, 0.5) is 10.2 Å². The fourth-order valence-corrected chi connectivity index (χ4v) is 1.55. The molecule has 3 nitrogen and oxygen atoms in total. The second-order valence-corrected chi connectivity index (χ2v) is 4.12. The van der Waals surface area contributed by atoms with E-state index in [1.807, 2.05) is 0 Å². The van der Waals surface area contributed by atoms with Gasteiger partial charge in [0, 0.05) is 12.3 Å². The topological polar surface area (TPSA) is 42.0 Å². The standard InChI is InChI=1S/C14H10ClFN2O/c15-12-2-1-9-17-14(12)18-13(19)8-5-10-3-6-11(16)7-4-10/h1-9H,(H,17,18,19)/b8-5+. The number of carbonyl (C=O) groups is 1. The molecule has 0 aliphatic rings. The zero-order chi connectivity index (χ0) is 13.7. The van der Waals surface area contributed by atoms with E-state index in [-0.39, 0.29) is 11.7 Å². The number of aromatic nitrogens is 1. The molecular formula is C14H10ClFN2O. The number of nitrogens with zero attached hydrogens (tertiary/aromatic N) is 1. The maximum absolute atomic E-state index is 12.7. The zero-order valence-corrected chi connectivity index (χ0v) is 10.6. The Morgan fingerprint density at radius 1 is 1.26 bits per heavy atom. The van der Waals surface area contributed by atoms with Gasteiger partial charge in [-0.2, -0.15) is 0 Å². The Balaban J connectivity index is 2.02. The molecule has 1 amide bonds. The predicted molar refractivity (Wildman–Crippen MR) is 73.3 cm³/mol. The molecule has 0 fully saturated rings. The molecule has 1 N–H and O–H groups in total. The summed E-state index contributed by atoms with van der Waals surface area (Å²) in [6.07, 6.45) is 4.44. The van der Waals surface area contributed by atoms with E-state index in [2.05, 4.69) is 10.3 Å². The van der Waals surface area contributed by atoms with Crippen LogP contribution in [0.3, 0.4) is 0 Å². The summed E-state index contributed by atoms with van der Waals surface area (Å²) in [6.45, 7) is 0. The van der Waals surface area contributed by atoms with Gasteiger partial charge in [-0.05, 0) is 35.9 Å². The van der Waals surface area contributed by atoms with Crippen LogP contribution in [0.15, 0.2) is 48.7 Å². The van der Waals surface area contributed by atoms with Gasteiger partial charge in [0.05, 0.1) is 5.02 Å². The molecule has 2 aromatic rings. The number of nitrogens with one attached hydrogen (secondary N) is 1. The highest BCUT2D eigenvalue weighted by Crippen LogP contribution is 2.17. The molecule has 19 heavy (non-hydrogen) atoms. The van der Waals surface area contributed by atoms with Crippen molar-refractivity contribution in [2.24, 2.45) is 0 Å². The fraction of sp³-hybridized carbons (Fsp3) is 0. The van der Waals surface area contributed by atoms with E-state index in [1.54, 1.807) is 30.3 Å². The largest absolute Gasteiger partial charge is 0.306 e. The third-order valence-corrected chi connectivity index (χ3v) is 2.60. The summed E-state index contributed by atoms with van der Waals surface area (Å²) in [5.41, 5.74) is 0.726. The molecule has 96 valence electrons. The van der Waals surface area contributed by atoms with E-state index < -0.39 is 0 Å². The lowest BCUT2D eigenvalue weighted by atomic mass is 10.2. The van der Waals surface area contributed by atoms with E-state index in [1.165, 1.54) is 24.4 Å². The molecule has 1 aromatic heterocycles. The average Bonchev–Trinajstić information content (AvgIpc) is 2.41. The molecule has 0 bridgehead atoms. The Hall–Kier alpha value is -2.20. The van der Waals surface area contributed by atoms with Gasteiger partial charge < -0.3 is 5.32 Å². The number of pyridine rings is 1. The minimum absolute atomic E-state index is 0.304. The highest BCUT2D eigenvalue weighted by molar-refractivity contribution is 6.33. The predicted octanol–water partition coefficient (Wildman–Crippen LogP) is 3.53. The third kappa shape index (κ3) is 3.89. The van der Waals surface area contributed by atoms with Gasteiger partial charge in [-0.15, -0.1) is 0 Å². The first-order valence-corrected chi connectivity index (χ1v) is 5.88. The Morgan fingerprint density at radius 2 is 2.00 bits per heavy atom. The highest BCUT2D eigenvalue weighted by Gasteiger charge is 2.03. The van der Waals surface area contributed by atoms with E-state index >= 15 is 0 Å². The van der Waals surface area contributed by atoms with Gasteiger partial charge in [-0.1, -0.05) is 23.7 Å². The lowest BCUT2D eigenvalue weighted by Gasteiger charge is -2.02. The summed E-state index contributed by atoms with van der Waals surface area (Å²) >= 11 is 5.86. The molecule has 0 radical (unpaired) electrons. The van der Waals surface area contributed by atoms with Gasteiger partial charge in [0.15, 0.2) is 5.82 Å². The van der Waals surface area contributed by atoms with E-state index in [0.29, 0.717) is 10.8 Å². The first kappa shape index (κ1) is 13.2. The Labute approximate surface area is 114 Å². The molecule has 5 heteroatoms. The van der Waals surface area contributed by atoms with Crippen molar-refractivity contribution in [3.05, 3.63) is 65.1 Å². The van der Waals surface area contributed by atoms with E-state index in [9.17, 15) is 9.18 Å². The van der Waals surface area contributed by atoms with E-state index in [0.717, 1.165) is 5.56 Å². The van der Waals surface area contributed by atoms with Crippen molar-refractivity contribution in [2.75, 3.05) is 5.32 Å². The SMILES string of the molecule is O=C(/C=C/c1ccc(F)cc1)Nc1ncccc1Cl. The van der Waals surface area contributed by atoms with Crippen LogP contribution in [0, 0.1) is 5.82 Å². The molecule has 0 aliphatic heterocycles. The van der Waals surface area contributed by atoms with Crippen LogP contribution < -0.4 is 5.32 Å². The van der Waals surface area contributed by atoms with Crippen molar-refractivity contribution in [3.8, 4) is 0 Å². The Kier molecular flexibility index (Phi) is 4.26. The quantitative estimate of drug-likeness (QED) is 0.872. The number of amides is 1. The number of hydrogen-bond acceptors (Lipinski definition) is 2. The van der Waals surface area contributed by atoms with Gasteiger partial charge >= 0.3 is 0 Å². The number of benzene rings is 1. The van der Waals surface area contributed by atoms with E-state index in [4.69, 9.17) is 11.6 Å². The Bertz CT molecular complexity index is 611. The lowest BCUT2D eigenvalue weighted by Crippen LogP contribution is -2.09. The molecule has 0 saturated carbocycles. The first-order valence-electron chi connectivity index (χ1n) is 5.50. The minimum atomic E-state index is -0.357. The molecule has 0 unspecified atom stereocenters. The number of anilines is 1. The maximum Gasteiger partial charge on any atom is 0.249 e. The number of carbonyl (C=O) groups excluding carboxylic acids is 1. The zero-order valence-electron chi connectivity index (χ0n) is 9.81. The summed E-state index contributed by atoms with van der Waals surface area (Å²) in [5.74, 6) is -0.371. The molecule has 0 atom stereocenters. The minimum Gasteiger partial charge on any atom is -0.306 e. The van der Waals surface area contributed by atoms with Crippen LogP contribution >= 0.6 is 11.6 Å². The second kappa shape index (κ2) is 6.11. The third-order valence-electron chi connectivity index (χ3n) is 2.30. The van der Waals surface area contributed by atoms with Crippen LogP contribution in [-0.4, -0.2) is 10.9 Å². The smallest absolute Gasteiger partial charge is 0.249 e. The first-order chi connectivity index (χ1) is 9.15. The molecule has 0 aliphatic carbocycles. The van der Waals surface area contributed by atoms with Crippen molar-refractivity contribution in [1.29, 1.82) is 0 Å². The summed E-state index contributed by atoms with van der Waals surface area (Å²) in [4.78, 5) is 15.6. The van der Waals surface area contributed by atoms with Gasteiger partial charge in [0.25, 0.3) is 0 Å². The normalized spacial score (nSPS) is 10.6. The van der Waals surface area contributed by atoms with Gasteiger partial charge in [0.1, 0.15) is 5.82 Å². The Morgan fingerprint density at radius 3 is 2.68 bits per heavy atom. The number of halogens is 2. The van der Waals surface area contributed by atoms with Crippen molar-refractivity contribution in [2.45, 2.75) is 0 Å². The van der Waals surface area contributed by atoms with Crippen LogP contribution in [-0.2, 0) is 4.79 Å². The molecule has 0 saturated heterocycles.